The Morgan fingerprint density at radius 3 is 0.795 bits per heavy atom. The fraction of sp³-hybridized carbons (Fsp3) is 1.00. The molecule has 0 nitrogen and oxygen atoms in total. The molecule has 0 aromatic heterocycles. The van der Waals surface area contributed by atoms with Gasteiger partial charge in [0.25, 0.3) is 0 Å². The van der Waals surface area contributed by atoms with Crippen LogP contribution in [-0.2, 0) is 0 Å². The van der Waals surface area contributed by atoms with Gasteiger partial charge in [-0.3, -0.25) is 0 Å². The van der Waals surface area contributed by atoms with E-state index in [1.165, 1.54) is 270 Å². The second-order valence-electron chi connectivity index (χ2n) is 31.7. The predicted octanol–water partition coefficient (Wildman–Crippen LogP) is 34.7. The average molecular weight is 1260 g/mol. The molecule has 0 bridgehead atoms. The van der Waals surface area contributed by atoms with Gasteiger partial charge in [-0.15, -0.1) is 0 Å². The van der Waals surface area contributed by atoms with Gasteiger partial charge in [-0.1, -0.05) is 419 Å². The summed E-state index contributed by atoms with van der Waals surface area (Å²) in [7, 11) is 0. The van der Waals surface area contributed by atoms with Crippen molar-refractivity contribution in [2.24, 2.45) is 93.2 Å². The van der Waals surface area contributed by atoms with Crippen LogP contribution in [0.1, 0.15) is 483 Å². The van der Waals surface area contributed by atoms with Crippen LogP contribution in [0.5, 0.6) is 0 Å². The van der Waals surface area contributed by atoms with Gasteiger partial charge < -0.3 is 0 Å². The van der Waals surface area contributed by atoms with E-state index in [4.69, 9.17) is 0 Å². The van der Waals surface area contributed by atoms with Gasteiger partial charge in [0.15, 0.2) is 0 Å². The highest BCUT2D eigenvalue weighted by Gasteiger charge is 2.30. The lowest BCUT2D eigenvalue weighted by molar-refractivity contribution is 0.155. The van der Waals surface area contributed by atoms with Crippen LogP contribution in [0.15, 0.2) is 0 Å². The van der Waals surface area contributed by atoms with Gasteiger partial charge in [0.1, 0.15) is 0 Å². The summed E-state index contributed by atoms with van der Waals surface area (Å²) in [6, 6.07) is 0. The Hall–Kier alpha value is 0. The van der Waals surface area contributed by atoms with Crippen molar-refractivity contribution in [2.75, 3.05) is 0 Å². The zero-order chi connectivity index (χ0) is 57.7. The Morgan fingerprint density at radius 1 is 0.307 bits per heavy atom. The molecule has 0 aliphatic heterocycles. The molecule has 0 aromatic rings. The molecule has 11 aliphatic carbocycles. The maximum atomic E-state index is 2.39. The summed E-state index contributed by atoms with van der Waals surface area (Å²) in [5, 5.41) is 0. The average Bonchev–Trinajstić information content (AvgIpc) is 4.19. The second kappa shape index (κ2) is 65.7. The molecule has 6 atom stereocenters. The Kier molecular flexibility index (Phi) is 83.8. The summed E-state index contributed by atoms with van der Waals surface area (Å²) in [6.07, 6.45) is 61.9. The zero-order valence-corrected chi connectivity index (χ0v) is 57.7. The van der Waals surface area contributed by atoms with Gasteiger partial charge in [-0.05, 0) is 157 Å². The molecule has 0 heterocycles. The monoisotopic (exact) mass is 1260 g/mol. The maximum Gasteiger partial charge on any atom is -0.0328 e. The van der Waals surface area contributed by atoms with Crippen molar-refractivity contribution in [3.8, 4) is 0 Å². The quantitative estimate of drug-likeness (QED) is 0.227. The summed E-state index contributed by atoms with van der Waals surface area (Å²) < 4.78 is 0. The number of rotatable bonds is 8. The third-order valence-corrected chi connectivity index (χ3v) is 23.4. The fourth-order valence-corrected chi connectivity index (χ4v) is 14.2. The summed E-state index contributed by atoms with van der Waals surface area (Å²) in [6.45, 7) is 44.4. The van der Waals surface area contributed by atoms with E-state index >= 15 is 0 Å². The van der Waals surface area contributed by atoms with Crippen molar-refractivity contribution >= 4 is 0 Å². The van der Waals surface area contributed by atoms with Crippen molar-refractivity contribution in [1.82, 2.24) is 0 Å². The standard InChI is InChI=1S/11C7H14.11CH4/c1-6-3-4-7(2)5-6;1-7(2)5-3-4-6-7;1-6-4-3-5-7(6)2;1-6(2)7-4-3-5-7;1-7-5-3-2-4-6-7;1-3-7-4-6(2)5-7;2*1-3-7(2)5-4-6-7;1-3-7-5-4-6(7)2;1-2-7-5-3-4-6-7;1-2-4-7-5-3-6-7;;;;;;;;;;;/h6-7H,3-5H2,1-2H3;3-6H2,1-2H3;2*6-7H,3-5H2,1-2H3;7H,2-6H2,1H3;6-7H,3-5H2,1-2H3;2*3-6H2,1-2H3;6-7H,3-5H2,1-2H3;2*7H,2-6H2,1H3;11*1H4/t6-,7?;;6-,7?;;;;;;6-,7?;;;;;;;;;;;;;/m1.1.....0............./s1. The molecule has 11 aliphatic rings. The van der Waals surface area contributed by atoms with Crippen LogP contribution in [0.4, 0.5) is 0 Å². The summed E-state index contributed by atoms with van der Waals surface area (Å²) in [5.74, 6) is 13.6. The fourth-order valence-electron chi connectivity index (χ4n) is 14.2. The first-order chi connectivity index (χ1) is 36.6. The van der Waals surface area contributed by atoms with E-state index in [0.29, 0.717) is 5.41 Å². The topological polar surface area (TPSA) is 0 Å². The lowest BCUT2D eigenvalue weighted by Gasteiger charge is -2.37. The first-order valence-corrected chi connectivity index (χ1v) is 36.6. The third kappa shape index (κ3) is 54.3. The van der Waals surface area contributed by atoms with Crippen LogP contribution >= 0.6 is 0 Å². The molecule has 0 heteroatoms. The minimum absolute atomic E-state index is 0. The molecule has 88 heavy (non-hydrogen) atoms. The van der Waals surface area contributed by atoms with Crippen molar-refractivity contribution in [1.29, 1.82) is 0 Å². The second-order valence-corrected chi connectivity index (χ2v) is 31.7. The van der Waals surface area contributed by atoms with Crippen LogP contribution in [0.25, 0.3) is 0 Å². The van der Waals surface area contributed by atoms with Gasteiger partial charge in [0.05, 0.1) is 0 Å². The molecule has 11 saturated carbocycles. The molecule has 11 fully saturated rings. The van der Waals surface area contributed by atoms with Gasteiger partial charge in [0.2, 0.25) is 0 Å². The normalized spacial score (nSPS) is 27.0. The minimum Gasteiger partial charge on any atom is -0.0776 e. The Labute approximate surface area is 573 Å². The lowest BCUT2D eigenvalue weighted by atomic mass is 9.69. The smallest absolute Gasteiger partial charge is 0.0328 e. The molecule has 11 rings (SSSR count). The van der Waals surface area contributed by atoms with Gasteiger partial charge >= 0.3 is 0 Å². The molecule has 3 unspecified atom stereocenters. The highest BCUT2D eigenvalue weighted by Crippen LogP contribution is 2.44. The molecule has 0 aromatic carbocycles. The molecule has 0 radical (unpaired) electrons. The Bertz CT molecular complexity index is 1190. The Balaban J connectivity index is -0.0000000813. The van der Waals surface area contributed by atoms with E-state index in [2.05, 4.69) is 132 Å². The van der Waals surface area contributed by atoms with E-state index < -0.39 is 0 Å². The van der Waals surface area contributed by atoms with Crippen LogP contribution in [0.2, 0.25) is 0 Å². The molecule has 0 N–H and O–H groups in total. The highest BCUT2D eigenvalue weighted by molar-refractivity contribution is 4.82. The van der Waals surface area contributed by atoms with Gasteiger partial charge in [0, 0.05) is 0 Å². The maximum absolute atomic E-state index is 2.39. The SMILES string of the molecule is C.C.C.C.C.C.C.C.C.C.C.CC(C)C1CCC1.CC1(C)CCCC1.CC1CCCCC1.CC1CCC[C@H]1C.CC1CC[C@@H](C)C1.CCC1(C)CCC1.CCC1(C)CCC1.CCC1CC(C)C1.CCC1CCCC1.CCC1CC[C@@H]1C.CCCC1CCC1. The molecule has 0 spiro atoms. The van der Waals surface area contributed by atoms with Crippen LogP contribution in [-0.4, -0.2) is 0 Å². The molecule has 0 saturated heterocycles. The van der Waals surface area contributed by atoms with E-state index in [1.807, 2.05) is 0 Å². The summed E-state index contributed by atoms with van der Waals surface area (Å²) >= 11 is 0. The minimum atomic E-state index is 0. The van der Waals surface area contributed by atoms with Crippen molar-refractivity contribution in [2.45, 2.75) is 483 Å². The molecule has 0 amide bonds. The number of hydrogen-bond acceptors (Lipinski definition) is 0. The molecule has 550 valence electrons. The van der Waals surface area contributed by atoms with E-state index in [9.17, 15) is 0 Å². The third-order valence-electron chi connectivity index (χ3n) is 23.4. The van der Waals surface area contributed by atoms with E-state index in [0.717, 1.165) is 87.8 Å². The van der Waals surface area contributed by atoms with Gasteiger partial charge in [-0.2, -0.15) is 0 Å². The molecular formula is C88H198. The predicted molar refractivity (Wildman–Crippen MR) is 428 cm³/mol. The zero-order valence-electron chi connectivity index (χ0n) is 57.7. The van der Waals surface area contributed by atoms with Crippen molar-refractivity contribution in [3.05, 3.63) is 0 Å². The van der Waals surface area contributed by atoms with Crippen LogP contribution in [0.3, 0.4) is 0 Å². The molecular weight excluding hydrogens is 1060 g/mol. The van der Waals surface area contributed by atoms with E-state index in [-0.39, 0.29) is 81.7 Å². The van der Waals surface area contributed by atoms with Crippen molar-refractivity contribution in [3.63, 3.8) is 0 Å². The highest BCUT2D eigenvalue weighted by atomic mass is 14.4. The summed E-state index contributed by atoms with van der Waals surface area (Å²) in [5.41, 5.74) is 2.22. The Morgan fingerprint density at radius 2 is 0.693 bits per heavy atom. The number of hydrogen-bond donors (Lipinski definition) is 0. The first kappa shape index (κ1) is 112. The van der Waals surface area contributed by atoms with Crippen LogP contribution in [0, 0.1) is 93.2 Å². The van der Waals surface area contributed by atoms with E-state index in [1.54, 1.807) is 0 Å². The largest absolute Gasteiger partial charge is 0.0776 e. The van der Waals surface area contributed by atoms with Gasteiger partial charge in [-0.25, -0.2) is 0 Å². The lowest BCUT2D eigenvalue weighted by Crippen LogP contribution is -2.23. The summed E-state index contributed by atoms with van der Waals surface area (Å²) in [4.78, 5) is 0. The first-order valence-electron chi connectivity index (χ1n) is 36.6. The van der Waals surface area contributed by atoms with Crippen LogP contribution < -0.4 is 0 Å². The van der Waals surface area contributed by atoms with Crippen molar-refractivity contribution < 1.29 is 0 Å².